The first-order valence-corrected chi connectivity index (χ1v) is 25.9. The number of carbonyl (C=O) groups excluding carboxylic acids is 2. The van der Waals surface area contributed by atoms with Crippen LogP contribution in [-0.4, -0.2) is 67.1 Å². The van der Waals surface area contributed by atoms with Crippen molar-refractivity contribution in [3.05, 3.63) is 0 Å². The highest BCUT2D eigenvalue weighted by Gasteiger charge is 2.29. The minimum absolute atomic E-state index is 0.0135. The Bertz CT molecular complexity index is 874. The molecule has 1 atom stereocenters. The number of rotatable bonds is 46. The van der Waals surface area contributed by atoms with Gasteiger partial charge >= 0.3 is 5.97 Å². The van der Waals surface area contributed by atoms with Gasteiger partial charge in [-0.05, 0) is 96.2 Å². The third-order valence-electron chi connectivity index (χ3n) is 12.5. The van der Waals surface area contributed by atoms with Gasteiger partial charge < -0.3 is 24.8 Å². The predicted molar refractivity (Wildman–Crippen MR) is 247 cm³/mol. The van der Waals surface area contributed by atoms with Gasteiger partial charge in [-0.1, -0.05) is 182 Å². The van der Waals surface area contributed by atoms with Crippen LogP contribution in [0.25, 0.3) is 0 Å². The number of hydrogen-bond acceptors (Lipinski definition) is 6. The molecule has 0 radical (unpaired) electrons. The van der Waals surface area contributed by atoms with Crippen LogP contribution in [0, 0.1) is 11.8 Å². The van der Waals surface area contributed by atoms with Gasteiger partial charge in [0, 0.05) is 18.9 Å². The molecule has 58 heavy (non-hydrogen) atoms. The summed E-state index contributed by atoms with van der Waals surface area (Å²) in [6.07, 6.45) is 41.8. The molecule has 1 amide bonds. The van der Waals surface area contributed by atoms with Crippen LogP contribution in [0.4, 0.5) is 0 Å². The Morgan fingerprint density at radius 2 is 1.02 bits per heavy atom. The summed E-state index contributed by atoms with van der Waals surface area (Å²) in [5, 5.41) is 14.0. The highest BCUT2D eigenvalue weighted by molar-refractivity contribution is 5.80. The molecular weight excluding hydrogens is 721 g/mol. The molecule has 1 aliphatic carbocycles. The minimum atomic E-state index is -0.622. The lowest BCUT2D eigenvalue weighted by Gasteiger charge is -2.23. The van der Waals surface area contributed by atoms with Crippen molar-refractivity contribution in [2.45, 2.75) is 271 Å². The summed E-state index contributed by atoms with van der Waals surface area (Å²) in [6, 6.07) is 0. The summed E-state index contributed by atoms with van der Waals surface area (Å²) in [7, 11) is 0. The summed E-state index contributed by atoms with van der Waals surface area (Å²) < 4.78 is 11.9. The minimum Gasteiger partial charge on any atom is -0.466 e. The van der Waals surface area contributed by atoms with Crippen molar-refractivity contribution in [1.29, 1.82) is 0 Å². The lowest BCUT2D eigenvalue weighted by molar-refractivity contribution is -0.144. The van der Waals surface area contributed by atoms with Crippen LogP contribution in [0.5, 0.6) is 0 Å². The largest absolute Gasteiger partial charge is 0.466 e. The Morgan fingerprint density at radius 3 is 1.55 bits per heavy atom. The van der Waals surface area contributed by atoms with Crippen molar-refractivity contribution in [1.82, 2.24) is 10.2 Å². The summed E-state index contributed by atoms with van der Waals surface area (Å²) in [5.41, 5.74) is 0. The van der Waals surface area contributed by atoms with Gasteiger partial charge in [-0.3, -0.25) is 9.59 Å². The number of aliphatic hydroxyl groups excluding tert-OH is 1. The van der Waals surface area contributed by atoms with Crippen molar-refractivity contribution in [2.24, 2.45) is 11.8 Å². The zero-order valence-electron chi connectivity index (χ0n) is 39.3. The normalized spacial score (nSPS) is 13.6. The number of hydrogen-bond donors (Lipinski definition) is 2. The zero-order chi connectivity index (χ0) is 42.2. The van der Waals surface area contributed by atoms with Crippen molar-refractivity contribution < 1.29 is 24.2 Å². The number of unbranched alkanes of at least 4 members (excludes halogenated alkanes) is 20. The summed E-state index contributed by atoms with van der Waals surface area (Å²) in [4.78, 5) is 27.1. The molecule has 7 nitrogen and oxygen atoms in total. The van der Waals surface area contributed by atoms with Crippen molar-refractivity contribution in [3.8, 4) is 0 Å². The standard InChI is InChI=1S/C51H100N2O5/c1-5-9-13-15-19-25-34-48(35-26-20-16-14-10-6-2)58-50(55)37-28-22-18-24-30-43-53(44-31-41-52-51(56)47-38-39-47)42-29-23-17-21-27-36-49(54)57-45-40-46(32-11-7-3)33-12-8-4/h46-48,50,55H,5-45H2,1-4H3,(H,52,56). The number of amides is 1. The quantitative estimate of drug-likeness (QED) is 0.0361. The van der Waals surface area contributed by atoms with E-state index in [9.17, 15) is 14.7 Å². The Balaban J connectivity index is 2.30. The molecule has 0 aromatic carbocycles. The number of nitrogens with zero attached hydrogens (tertiary/aromatic N) is 1. The van der Waals surface area contributed by atoms with Gasteiger partial charge in [0.05, 0.1) is 12.7 Å². The molecule has 1 saturated carbocycles. The van der Waals surface area contributed by atoms with Crippen LogP contribution in [0.15, 0.2) is 0 Å². The fourth-order valence-electron chi connectivity index (χ4n) is 8.36. The molecular formula is C51H100N2O5. The van der Waals surface area contributed by atoms with E-state index in [1.54, 1.807) is 0 Å². The lowest BCUT2D eigenvalue weighted by Crippen LogP contribution is -2.32. The van der Waals surface area contributed by atoms with Gasteiger partial charge in [0.15, 0.2) is 6.29 Å². The van der Waals surface area contributed by atoms with E-state index in [-0.39, 0.29) is 23.9 Å². The van der Waals surface area contributed by atoms with Crippen LogP contribution in [-0.2, 0) is 19.1 Å². The molecule has 1 aliphatic rings. The van der Waals surface area contributed by atoms with E-state index < -0.39 is 6.29 Å². The molecule has 0 saturated heterocycles. The van der Waals surface area contributed by atoms with Crippen LogP contribution in [0.3, 0.4) is 0 Å². The van der Waals surface area contributed by atoms with E-state index in [4.69, 9.17) is 9.47 Å². The fraction of sp³-hybridized carbons (Fsp3) is 0.961. The van der Waals surface area contributed by atoms with E-state index >= 15 is 0 Å². The van der Waals surface area contributed by atoms with Crippen molar-refractivity contribution in [2.75, 3.05) is 32.8 Å². The third-order valence-corrected chi connectivity index (χ3v) is 12.5. The maximum atomic E-state index is 12.3. The number of carbonyl (C=O) groups is 2. The van der Waals surface area contributed by atoms with Gasteiger partial charge in [0.2, 0.25) is 5.91 Å². The van der Waals surface area contributed by atoms with Gasteiger partial charge in [0.25, 0.3) is 0 Å². The highest BCUT2D eigenvalue weighted by atomic mass is 16.6. The first-order chi connectivity index (χ1) is 28.4. The van der Waals surface area contributed by atoms with Crippen LogP contribution >= 0.6 is 0 Å². The second-order valence-electron chi connectivity index (χ2n) is 18.3. The summed E-state index contributed by atoms with van der Waals surface area (Å²) in [5.74, 6) is 1.22. The topological polar surface area (TPSA) is 88.1 Å². The van der Waals surface area contributed by atoms with Gasteiger partial charge in [-0.2, -0.15) is 0 Å². The molecule has 1 fully saturated rings. The van der Waals surface area contributed by atoms with E-state index in [1.807, 2.05) is 0 Å². The Morgan fingerprint density at radius 1 is 0.552 bits per heavy atom. The second-order valence-corrected chi connectivity index (χ2v) is 18.3. The molecule has 0 aliphatic heterocycles. The Labute approximate surface area is 361 Å². The zero-order valence-corrected chi connectivity index (χ0v) is 39.3. The van der Waals surface area contributed by atoms with Crippen LogP contribution in [0.2, 0.25) is 0 Å². The molecule has 344 valence electrons. The number of aliphatic hydroxyl groups is 1. The molecule has 1 rings (SSSR count). The molecule has 0 heterocycles. The molecule has 7 heteroatoms. The van der Waals surface area contributed by atoms with Gasteiger partial charge in [0.1, 0.15) is 0 Å². The maximum absolute atomic E-state index is 12.3. The predicted octanol–water partition coefficient (Wildman–Crippen LogP) is 14.0. The molecule has 0 spiro atoms. The van der Waals surface area contributed by atoms with E-state index in [2.05, 4.69) is 37.9 Å². The van der Waals surface area contributed by atoms with E-state index in [1.165, 1.54) is 154 Å². The molecule has 2 N–H and O–H groups in total. The second kappa shape index (κ2) is 41.2. The lowest BCUT2D eigenvalue weighted by atomic mass is 9.93. The summed E-state index contributed by atoms with van der Waals surface area (Å²) >= 11 is 0. The van der Waals surface area contributed by atoms with E-state index in [0.29, 0.717) is 18.9 Å². The molecule has 1 unspecified atom stereocenters. The Hall–Kier alpha value is -1.18. The van der Waals surface area contributed by atoms with Crippen molar-refractivity contribution >= 4 is 11.9 Å². The number of esters is 1. The van der Waals surface area contributed by atoms with Gasteiger partial charge in [-0.25, -0.2) is 0 Å². The first kappa shape index (κ1) is 54.8. The summed E-state index contributed by atoms with van der Waals surface area (Å²) in [6.45, 7) is 13.7. The third kappa shape index (κ3) is 35.6. The maximum Gasteiger partial charge on any atom is 0.305 e. The molecule has 0 aromatic heterocycles. The highest BCUT2D eigenvalue weighted by Crippen LogP contribution is 2.28. The number of nitrogens with one attached hydrogen (secondary N) is 1. The van der Waals surface area contributed by atoms with Crippen molar-refractivity contribution in [3.63, 3.8) is 0 Å². The fourth-order valence-corrected chi connectivity index (χ4v) is 8.36. The number of ether oxygens (including phenoxy) is 2. The van der Waals surface area contributed by atoms with E-state index in [0.717, 1.165) is 96.8 Å². The SMILES string of the molecule is CCCCCCCCC(CCCCCCCC)OC(O)CCCCCCCN(CCCCCCCC(=O)OCCC(CCCC)CCCC)CCCNC(=O)C1CC1. The van der Waals surface area contributed by atoms with Crippen LogP contribution < -0.4 is 5.32 Å². The molecule has 0 bridgehead atoms. The average Bonchev–Trinajstić information content (AvgIpc) is 4.08. The average molecular weight is 821 g/mol. The first-order valence-electron chi connectivity index (χ1n) is 25.9. The Kier molecular flexibility index (Phi) is 38.9. The smallest absolute Gasteiger partial charge is 0.305 e. The van der Waals surface area contributed by atoms with Gasteiger partial charge in [-0.15, -0.1) is 0 Å². The molecule has 0 aromatic rings. The monoisotopic (exact) mass is 821 g/mol. The van der Waals surface area contributed by atoms with Crippen LogP contribution in [0.1, 0.15) is 259 Å².